The van der Waals surface area contributed by atoms with Gasteiger partial charge >= 0.3 is 11.7 Å². The third kappa shape index (κ3) is 6.23. The lowest BCUT2D eigenvalue weighted by Crippen LogP contribution is -2.27. The third-order valence-corrected chi connectivity index (χ3v) is 3.35. The fraction of sp³-hybridized carbons (Fsp3) is 0.312. The number of carboxylic acids is 1. The maximum Gasteiger partial charge on any atom is 0.307 e. The summed E-state index contributed by atoms with van der Waals surface area (Å²) in [5.74, 6) is -0.560. The van der Waals surface area contributed by atoms with E-state index in [1.807, 2.05) is 0 Å². The average molecular weight is 362 g/mol. The number of aromatic nitrogens is 2. The van der Waals surface area contributed by atoms with Crippen LogP contribution in [0.25, 0.3) is 0 Å². The van der Waals surface area contributed by atoms with Crippen LogP contribution in [-0.4, -0.2) is 38.3 Å². The molecule has 0 saturated heterocycles. The normalized spacial score (nSPS) is 10.3. The van der Waals surface area contributed by atoms with Gasteiger partial charge in [0.1, 0.15) is 24.7 Å². The molecule has 26 heavy (non-hydrogen) atoms. The number of nitrogens with zero attached hydrogens (tertiary/aromatic N) is 3. The molecule has 0 aliphatic carbocycles. The molecule has 138 valence electrons. The first-order valence-corrected chi connectivity index (χ1v) is 7.81. The number of hydrogen-bond donors (Lipinski definition) is 2. The number of benzene rings is 1. The summed E-state index contributed by atoms with van der Waals surface area (Å²) in [6.07, 6.45) is 2.76. The van der Waals surface area contributed by atoms with E-state index in [0.29, 0.717) is 25.3 Å². The second kappa shape index (κ2) is 9.16. The highest BCUT2D eigenvalue weighted by Crippen LogP contribution is 2.13. The molecule has 0 aliphatic rings. The lowest BCUT2D eigenvalue weighted by molar-refractivity contribution is -0.385. The molecule has 2 rings (SSSR count). The minimum absolute atomic E-state index is 0.0591. The van der Waals surface area contributed by atoms with Crippen LogP contribution >= 0.6 is 0 Å². The predicted molar refractivity (Wildman–Crippen MR) is 89.5 cm³/mol. The number of ether oxygens (including phenoxy) is 1. The molecule has 2 aromatic rings. The van der Waals surface area contributed by atoms with Crippen LogP contribution in [0.15, 0.2) is 36.7 Å². The van der Waals surface area contributed by atoms with E-state index in [0.717, 1.165) is 11.8 Å². The fourth-order valence-electron chi connectivity index (χ4n) is 2.05. The Kier molecular flexibility index (Phi) is 6.66. The van der Waals surface area contributed by atoms with Crippen LogP contribution in [0.4, 0.5) is 5.69 Å². The van der Waals surface area contributed by atoms with Crippen LogP contribution in [0.5, 0.6) is 5.75 Å². The van der Waals surface area contributed by atoms with Gasteiger partial charge in [0.2, 0.25) is 5.91 Å². The smallest absolute Gasteiger partial charge is 0.307 e. The number of carboxylic acid groups (broad SMARTS) is 1. The number of carbonyl (C=O) groups excluding carboxylic acids is 1. The van der Waals surface area contributed by atoms with Crippen molar-refractivity contribution >= 4 is 17.6 Å². The van der Waals surface area contributed by atoms with Crippen molar-refractivity contribution in [2.45, 2.75) is 25.9 Å². The second-order valence-electron chi connectivity index (χ2n) is 5.42. The molecule has 1 heterocycles. The first-order chi connectivity index (χ1) is 12.4. The highest BCUT2D eigenvalue weighted by molar-refractivity contribution is 5.75. The molecular formula is C16H18N4O6. The summed E-state index contributed by atoms with van der Waals surface area (Å²) in [5.41, 5.74) is 0.680. The van der Waals surface area contributed by atoms with Crippen molar-refractivity contribution in [3.8, 4) is 5.75 Å². The maximum absolute atomic E-state index is 11.8. The van der Waals surface area contributed by atoms with E-state index < -0.39 is 10.9 Å². The third-order valence-electron chi connectivity index (χ3n) is 3.35. The van der Waals surface area contributed by atoms with E-state index in [-0.39, 0.29) is 24.6 Å². The Labute approximate surface area is 148 Å². The molecule has 0 aliphatic heterocycles. The van der Waals surface area contributed by atoms with Crippen molar-refractivity contribution < 1.29 is 24.4 Å². The molecule has 0 saturated carbocycles. The molecule has 0 atom stereocenters. The van der Waals surface area contributed by atoms with Gasteiger partial charge in [0.25, 0.3) is 0 Å². The summed E-state index contributed by atoms with van der Waals surface area (Å²) < 4.78 is 6.62. The average Bonchev–Trinajstić information content (AvgIpc) is 3.06. The number of carbonyl (C=O) groups is 2. The van der Waals surface area contributed by atoms with Crippen LogP contribution in [0.2, 0.25) is 0 Å². The SMILES string of the molecule is O=C(O)CCCOc1ccc(CNC(=O)Cn2cc([N+](=O)[O-])cn2)cc1. The van der Waals surface area contributed by atoms with Crippen LogP contribution in [0.3, 0.4) is 0 Å². The molecule has 10 nitrogen and oxygen atoms in total. The minimum atomic E-state index is -0.857. The summed E-state index contributed by atoms with van der Waals surface area (Å²) >= 11 is 0. The van der Waals surface area contributed by atoms with Crippen molar-refractivity contribution in [2.75, 3.05) is 6.61 Å². The van der Waals surface area contributed by atoms with Gasteiger partial charge in [0.15, 0.2) is 0 Å². The molecule has 0 unspecified atom stereocenters. The maximum atomic E-state index is 11.8. The van der Waals surface area contributed by atoms with Gasteiger partial charge in [0.05, 0.1) is 11.5 Å². The largest absolute Gasteiger partial charge is 0.494 e. The van der Waals surface area contributed by atoms with E-state index >= 15 is 0 Å². The molecule has 1 amide bonds. The van der Waals surface area contributed by atoms with Crippen molar-refractivity contribution in [1.29, 1.82) is 0 Å². The molecule has 10 heteroatoms. The summed E-state index contributed by atoms with van der Waals surface area (Å²) in [6.45, 7) is 0.499. The van der Waals surface area contributed by atoms with Crippen molar-refractivity contribution in [2.24, 2.45) is 0 Å². The molecule has 0 bridgehead atoms. The van der Waals surface area contributed by atoms with Gasteiger partial charge in [-0.3, -0.25) is 24.4 Å². The van der Waals surface area contributed by atoms with E-state index in [1.54, 1.807) is 24.3 Å². The molecule has 2 N–H and O–H groups in total. The van der Waals surface area contributed by atoms with Crippen LogP contribution in [0, 0.1) is 10.1 Å². The predicted octanol–water partition coefficient (Wildman–Crippen LogP) is 1.35. The number of amides is 1. The zero-order valence-electron chi connectivity index (χ0n) is 13.8. The first-order valence-electron chi connectivity index (χ1n) is 7.81. The van der Waals surface area contributed by atoms with Crippen LogP contribution < -0.4 is 10.1 Å². The monoisotopic (exact) mass is 362 g/mol. The molecule has 1 aromatic heterocycles. The van der Waals surface area contributed by atoms with Gasteiger partial charge < -0.3 is 15.2 Å². The summed E-state index contributed by atoms with van der Waals surface area (Å²) in [4.78, 5) is 32.2. The Morgan fingerprint density at radius 2 is 2.04 bits per heavy atom. The standard InChI is InChI=1S/C16H18N4O6/c21-15(11-19-10-13(9-18-19)20(24)25)17-8-12-3-5-14(6-4-12)26-7-1-2-16(22)23/h3-6,9-10H,1-2,7-8,11H2,(H,17,21)(H,22,23). The van der Waals surface area contributed by atoms with Gasteiger partial charge in [-0.15, -0.1) is 0 Å². The van der Waals surface area contributed by atoms with Crippen molar-refractivity contribution in [1.82, 2.24) is 15.1 Å². The van der Waals surface area contributed by atoms with Crippen molar-refractivity contribution in [3.05, 3.63) is 52.3 Å². The molecule has 1 aromatic carbocycles. The van der Waals surface area contributed by atoms with E-state index in [2.05, 4.69) is 10.4 Å². The zero-order chi connectivity index (χ0) is 18.9. The van der Waals surface area contributed by atoms with Crippen LogP contribution in [-0.2, 0) is 22.7 Å². The Bertz CT molecular complexity index is 771. The zero-order valence-corrected chi connectivity index (χ0v) is 13.8. The first kappa shape index (κ1) is 18.9. The highest BCUT2D eigenvalue weighted by atomic mass is 16.6. The number of nitrogens with one attached hydrogen (secondary N) is 1. The number of aliphatic carboxylic acids is 1. The van der Waals surface area contributed by atoms with Gasteiger partial charge in [-0.05, 0) is 24.1 Å². The van der Waals surface area contributed by atoms with Crippen LogP contribution in [0.1, 0.15) is 18.4 Å². The highest BCUT2D eigenvalue weighted by Gasteiger charge is 2.11. The fourth-order valence-corrected chi connectivity index (χ4v) is 2.05. The lowest BCUT2D eigenvalue weighted by Gasteiger charge is -2.08. The van der Waals surface area contributed by atoms with Crippen molar-refractivity contribution in [3.63, 3.8) is 0 Å². The summed E-state index contributed by atoms with van der Waals surface area (Å²) in [6, 6.07) is 7.04. The quantitative estimate of drug-likeness (QED) is 0.370. The summed E-state index contributed by atoms with van der Waals surface area (Å²) in [7, 11) is 0. The Morgan fingerprint density at radius 3 is 2.65 bits per heavy atom. The second-order valence-corrected chi connectivity index (χ2v) is 5.42. The molecular weight excluding hydrogens is 344 g/mol. The van der Waals surface area contributed by atoms with Gasteiger partial charge in [-0.2, -0.15) is 5.10 Å². The topological polar surface area (TPSA) is 137 Å². The van der Waals surface area contributed by atoms with E-state index in [9.17, 15) is 19.7 Å². The Balaban J connectivity index is 1.73. The number of hydrogen-bond acceptors (Lipinski definition) is 6. The van der Waals surface area contributed by atoms with E-state index in [4.69, 9.17) is 9.84 Å². The number of nitro groups is 1. The Morgan fingerprint density at radius 1 is 1.31 bits per heavy atom. The van der Waals surface area contributed by atoms with E-state index in [1.165, 1.54) is 10.9 Å². The van der Waals surface area contributed by atoms with Gasteiger partial charge in [0, 0.05) is 13.0 Å². The van der Waals surface area contributed by atoms with Gasteiger partial charge in [-0.25, -0.2) is 0 Å². The lowest BCUT2D eigenvalue weighted by atomic mass is 10.2. The molecule has 0 radical (unpaired) electrons. The molecule has 0 fully saturated rings. The summed E-state index contributed by atoms with van der Waals surface area (Å²) in [5, 5.41) is 25.6. The number of rotatable bonds is 10. The molecule has 0 spiro atoms. The minimum Gasteiger partial charge on any atom is -0.494 e. The van der Waals surface area contributed by atoms with Gasteiger partial charge in [-0.1, -0.05) is 12.1 Å². The Hall–Kier alpha value is -3.43.